The molecule has 0 spiro atoms. The second-order valence-corrected chi connectivity index (χ2v) is 6.10. The van der Waals surface area contributed by atoms with Gasteiger partial charge in [-0.2, -0.15) is 0 Å². The molecule has 6 heteroatoms. The van der Waals surface area contributed by atoms with Crippen LogP contribution < -0.4 is 11.1 Å². The van der Waals surface area contributed by atoms with Crippen LogP contribution in [-0.4, -0.2) is 42.0 Å². The number of nitrogens with two attached hydrogens (primary N) is 1. The van der Waals surface area contributed by atoms with Crippen molar-refractivity contribution in [3.63, 3.8) is 0 Å². The van der Waals surface area contributed by atoms with Gasteiger partial charge in [0, 0.05) is 19.1 Å². The molecular formula is C13H29Cl2N3O. The predicted molar refractivity (Wildman–Crippen MR) is 85.2 cm³/mol. The van der Waals surface area contributed by atoms with Gasteiger partial charge in [0.05, 0.1) is 5.54 Å². The lowest BCUT2D eigenvalue weighted by atomic mass is 10.00. The first-order valence-electron chi connectivity index (χ1n) is 6.61. The van der Waals surface area contributed by atoms with Crippen LogP contribution in [0.2, 0.25) is 0 Å². The molecule has 1 fully saturated rings. The van der Waals surface area contributed by atoms with E-state index in [1.807, 2.05) is 6.92 Å². The summed E-state index contributed by atoms with van der Waals surface area (Å²) >= 11 is 0. The minimum atomic E-state index is -0.788. The highest BCUT2D eigenvalue weighted by Gasteiger charge is 2.24. The number of piperidine rings is 1. The Morgan fingerprint density at radius 3 is 2.53 bits per heavy atom. The van der Waals surface area contributed by atoms with E-state index < -0.39 is 5.54 Å². The van der Waals surface area contributed by atoms with Gasteiger partial charge in [-0.05, 0) is 46.1 Å². The Hall–Kier alpha value is -0.0300. The van der Waals surface area contributed by atoms with Gasteiger partial charge >= 0.3 is 0 Å². The van der Waals surface area contributed by atoms with Gasteiger partial charge < -0.3 is 16.0 Å². The number of nitrogens with one attached hydrogen (secondary N) is 1. The third-order valence-corrected chi connectivity index (χ3v) is 3.24. The number of amides is 1. The number of rotatable bonds is 4. The van der Waals surface area contributed by atoms with Gasteiger partial charge in [-0.15, -0.1) is 24.8 Å². The summed E-state index contributed by atoms with van der Waals surface area (Å²) in [6.07, 6.45) is 2.59. The molecule has 1 rings (SSSR count). The predicted octanol–water partition coefficient (Wildman–Crippen LogP) is 1.80. The van der Waals surface area contributed by atoms with E-state index in [1.54, 1.807) is 13.8 Å². The average Bonchev–Trinajstić information content (AvgIpc) is 2.15. The molecule has 0 aliphatic carbocycles. The Labute approximate surface area is 129 Å². The Morgan fingerprint density at radius 1 is 1.47 bits per heavy atom. The molecule has 1 saturated heterocycles. The Bertz CT molecular complexity index is 269. The SMILES string of the molecule is CC1CCCN(CC(C)NC(=O)C(C)(C)N)C1.Cl.Cl. The van der Waals surface area contributed by atoms with Gasteiger partial charge in [-0.25, -0.2) is 0 Å². The number of carbonyl (C=O) groups is 1. The number of hydrogen-bond donors (Lipinski definition) is 2. The number of hydrogen-bond acceptors (Lipinski definition) is 3. The fraction of sp³-hybridized carbons (Fsp3) is 0.923. The van der Waals surface area contributed by atoms with E-state index in [9.17, 15) is 4.79 Å². The summed E-state index contributed by atoms with van der Waals surface area (Å²) in [5.74, 6) is 0.702. The lowest BCUT2D eigenvalue weighted by Crippen LogP contribution is -2.54. The average molecular weight is 314 g/mol. The van der Waals surface area contributed by atoms with E-state index in [1.165, 1.54) is 12.8 Å². The Kier molecular flexibility index (Phi) is 10.1. The van der Waals surface area contributed by atoms with Crippen LogP contribution in [0.1, 0.15) is 40.5 Å². The van der Waals surface area contributed by atoms with Crippen LogP contribution in [0.15, 0.2) is 0 Å². The van der Waals surface area contributed by atoms with Crippen LogP contribution >= 0.6 is 24.8 Å². The van der Waals surface area contributed by atoms with Gasteiger partial charge in [0.2, 0.25) is 5.91 Å². The minimum absolute atomic E-state index is 0. The van der Waals surface area contributed by atoms with E-state index in [4.69, 9.17) is 5.73 Å². The third-order valence-electron chi connectivity index (χ3n) is 3.24. The van der Waals surface area contributed by atoms with E-state index in [-0.39, 0.29) is 36.8 Å². The van der Waals surface area contributed by atoms with Crippen LogP contribution in [0, 0.1) is 5.92 Å². The molecule has 116 valence electrons. The van der Waals surface area contributed by atoms with Crippen molar-refractivity contribution in [2.75, 3.05) is 19.6 Å². The smallest absolute Gasteiger partial charge is 0.239 e. The first-order valence-corrected chi connectivity index (χ1v) is 6.61. The van der Waals surface area contributed by atoms with E-state index >= 15 is 0 Å². The van der Waals surface area contributed by atoms with Crippen LogP contribution in [0.25, 0.3) is 0 Å². The summed E-state index contributed by atoms with van der Waals surface area (Å²) in [4.78, 5) is 14.2. The zero-order valence-electron chi connectivity index (χ0n) is 12.4. The number of carbonyl (C=O) groups excluding carboxylic acids is 1. The molecule has 1 aliphatic heterocycles. The first kappa shape index (κ1) is 21.3. The summed E-state index contributed by atoms with van der Waals surface area (Å²) in [6, 6.07) is 0.163. The summed E-state index contributed by atoms with van der Waals surface area (Å²) in [7, 11) is 0. The Morgan fingerprint density at radius 2 is 2.05 bits per heavy atom. The minimum Gasteiger partial charge on any atom is -0.351 e. The highest BCUT2D eigenvalue weighted by molar-refractivity contribution is 5.86. The molecule has 0 aromatic carbocycles. The van der Waals surface area contributed by atoms with Crippen molar-refractivity contribution < 1.29 is 4.79 Å². The highest BCUT2D eigenvalue weighted by atomic mass is 35.5. The second-order valence-electron chi connectivity index (χ2n) is 6.10. The maximum absolute atomic E-state index is 11.7. The molecule has 0 radical (unpaired) electrons. The van der Waals surface area contributed by atoms with Crippen molar-refractivity contribution >= 4 is 30.7 Å². The summed E-state index contributed by atoms with van der Waals surface area (Å²) in [5.41, 5.74) is 4.97. The first-order chi connectivity index (χ1) is 7.79. The number of likely N-dealkylation sites (tertiary alicyclic amines) is 1. The van der Waals surface area contributed by atoms with Crippen molar-refractivity contribution in [1.82, 2.24) is 10.2 Å². The van der Waals surface area contributed by atoms with Crippen LogP contribution in [0.5, 0.6) is 0 Å². The lowest BCUT2D eigenvalue weighted by molar-refractivity contribution is -0.126. The van der Waals surface area contributed by atoms with Crippen molar-refractivity contribution in [2.45, 2.75) is 52.1 Å². The molecule has 1 aliphatic rings. The zero-order chi connectivity index (χ0) is 13.1. The van der Waals surface area contributed by atoms with Gasteiger partial charge in [0.15, 0.2) is 0 Å². The molecular weight excluding hydrogens is 285 g/mol. The van der Waals surface area contributed by atoms with Crippen LogP contribution in [0.4, 0.5) is 0 Å². The maximum Gasteiger partial charge on any atom is 0.239 e. The van der Waals surface area contributed by atoms with E-state index in [0.717, 1.165) is 25.6 Å². The molecule has 19 heavy (non-hydrogen) atoms. The van der Waals surface area contributed by atoms with Gasteiger partial charge in [0.1, 0.15) is 0 Å². The zero-order valence-corrected chi connectivity index (χ0v) is 14.1. The summed E-state index contributed by atoms with van der Waals surface area (Å²) in [6.45, 7) is 11.0. The summed E-state index contributed by atoms with van der Waals surface area (Å²) < 4.78 is 0. The molecule has 1 amide bonds. The van der Waals surface area contributed by atoms with Crippen molar-refractivity contribution in [1.29, 1.82) is 0 Å². The topological polar surface area (TPSA) is 58.4 Å². The fourth-order valence-corrected chi connectivity index (χ4v) is 2.30. The van der Waals surface area contributed by atoms with Gasteiger partial charge in [-0.3, -0.25) is 4.79 Å². The van der Waals surface area contributed by atoms with Gasteiger partial charge in [-0.1, -0.05) is 6.92 Å². The molecule has 1 heterocycles. The quantitative estimate of drug-likeness (QED) is 0.832. The molecule has 2 unspecified atom stereocenters. The standard InChI is InChI=1S/C13H27N3O.2ClH/c1-10-6-5-7-16(8-10)9-11(2)15-12(17)13(3,4)14;;/h10-11H,5-9,14H2,1-4H3,(H,15,17);2*1H. The van der Waals surface area contributed by atoms with Crippen LogP contribution in [-0.2, 0) is 4.79 Å². The van der Waals surface area contributed by atoms with Gasteiger partial charge in [0.25, 0.3) is 0 Å². The molecule has 0 saturated carbocycles. The monoisotopic (exact) mass is 313 g/mol. The molecule has 0 aromatic rings. The highest BCUT2D eigenvalue weighted by Crippen LogP contribution is 2.15. The van der Waals surface area contributed by atoms with Crippen molar-refractivity contribution in [3.8, 4) is 0 Å². The maximum atomic E-state index is 11.7. The van der Waals surface area contributed by atoms with Crippen molar-refractivity contribution in [2.24, 2.45) is 11.7 Å². The molecule has 0 bridgehead atoms. The number of nitrogens with zero attached hydrogens (tertiary/aromatic N) is 1. The van der Waals surface area contributed by atoms with E-state index in [2.05, 4.69) is 17.1 Å². The second kappa shape index (κ2) is 9.01. The Balaban J connectivity index is 0. The lowest BCUT2D eigenvalue weighted by Gasteiger charge is -2.33. The third kappa shape index (κ3) is 7.98. The molecule has 3 N–H and O–H groups in total. The molecule has 0 aromatic heterocycles. The molecule has 2 atom stereocenters. The fourth-order valence-electron chi connectivity index (χ4n) is 2.30. The normalized spacial score (nSPS) is 21.8. The van der Waals surface area contributed by atoms with E-state index in [0.29, 0.717) is 0 Å². The largest absolute Gasteiger partial charge is 0.351 e. The van der Waals surface area contributed by atoms with Crippen molar-refractivity contribution in [3.05, 3.63) is 0 Å². The number of halogens is 2. The van der Waals surface area contributed by atoms with Crippen LogP contribution in [0.3, 0.4) is 0 Å². The molecule has 4 nitrogen and oxygen atoms in total. The summed E-state index contributed by atoms with van der Waals surface area (Å²) in [5, 5.41) is 2.98.